The molecule has 2 heterocycles. The first-order chi connectivity index (χ1) is 13.2. The number of hydrogen-bond donors (Lipinski definition) is 0. The molecule has 3 aromatic rings. The van der Waals surface area contributed by atoms with Crippen LogP contribution in [0.15, 0.2) is 60.8 Å². The molecule has 4 nitrogen and oxygen atoms in total. The van der Waals surface area contributed by atoms with E-state index in [1.807, 2.05) is 41.4 Å². The van der Waals surface area contributed by atoms with E-state index >= 15 is 0 Å². The third-order valence-electron chi connectivity index (χ3n) is 4.98. The van der Waals surface area contributed by atoms with Gasteiger partial charge in [0.1, 0.15) is 5.82 Å². The molecule has 1 aliphatic heterocycles. The lowest BCUT2D eigenvalue weighted by Gasteiger charge is -2.26. The molecule has 0 atom stereocenters. The van der Waals surface area contributed by atoms with Gasteiger partial charge in [0.2, 0.25) is 5.91 Å². The van der Waals surface area contributed by atoms with Crippen molar-refractivity contribution in [2.45, 2.75) is 25.7 Å². The van der Waals surface area contributed by atoms with E-state index in [0.29, 0.717) is 6.42 Å². The van der Waals surface area contributed by atoms with Crippen LogP contribution in [0.2, 0.25) is 0 Å². The van der Waals surface area contributed by atoms with E-state index in [9.17, 15) is 9.18 Å². The molecule has 1 amide bonds. The lowest BCUT2D eigenvalue weighted by atomic mass is 10.0. The van der Waals surface area contributed by atoms with Crippen molar-refractivity contribution in [3.8, 4) is 16.9 Å². The predicted octanol–water partition coefficient (Wildman–Crippen LogP) is 4.23. The predicted molar refractivity (Wildman–Crippen MR) is 103 cm³/mol. The summed E-state index contributed by atoms with van der Waals surface area (Å²) < 4.78 is 15.1. The molecule has 5 heteroatoms. The number of hydrogen-bond acceptors (Lipinski definition) is 2. The summed E-state index contributed by atoms with van der Waals surface area (Å²) in [6, 6.07) is 16.1. The smallest absolute Gasteiger partial charge is 0.227 e. The molecule has 0 aliphatic carbocycles. The van der Waals surface area contributed by atoms with Gasteiger partial charge in [-0.15, -0.1) is 0 Å². The molecule has 0 bridgehead atoms. The number of nitrogens with zero attached hydrogens (tertiary/aromatic N) is 3. The molecule has 1 fully saturated rings. The van der Waals surface area contributed by atoms with Gasteiger partial charge >= 0.3 is 0 Å². The Balaban J connectivity index is 1.68. The van der Waals surface area contributed by atoms with Crippen LogP contribution in [0, 0.1) is 5.82 Å². The van der Waals surface area contributed by atoms with E-state index in [1.54, 1.807) is 16.8 Å². The summed E-state index contributed by atoms with van der Waals surface area (Å²) in [6.45, 7) is 1.66. The van der Waals surface area contributed by atoms with Crippen molar-refractivity contribution < 1.29 is 9.18 Å². The molecule has 1 saturated heterocycles. The minimum atomic E-state index is -0.285. The quantitative estimate of drug-likeness (QED) is 0.696. The van der Waals surface area contributed by atoms with Gasteiger partial charge in [0.15, 0.2) is 0 Å². The molecule has 0 spiro atoms. The van der Waals surface area contributed by atoms with Gasteiger partial charge < -0.3 is 4.90 Å². The number of benzene rings is 2. The Morgan fingerprint density at radius 1 is 0.963 bits per heavy atom. The number of piperidine rings is 1. The van der Waals surface area contributed by atoms with Crippen LogP contribution in [0.4, 0.5) is 4.39 Å². The standard InChI is InChI=1S/C22H22FN3O/c23-19-11-9-17(10-12-19)22-18(15-21(27)25-13-5-2-6-14-25)16-26(24-22)20-7-3-1-4-8-20/h1,3-4,7-12,16H,2,5-6,13-15H2. The number of rotatable bonds is 4. The minimum Gasteiger partial charge on any atom is -0.342 e. The molecule has 1 aromatic heterocycles. The Morgan fingerprint density at radius 2 is 1.67 bits per heavy atom. The molecule has 2 aromatic carbocycles. The van der Waals surface area contributed by atoms with Gasteiger partial charge in [-0.05, 0) is 55.7 Å². The number of aromatic nitrogens is 2. The maximum Gasteiger partial charge on any atom is 0.227 e. The second-order valence-electron chi connectivity index (χ2n) is 6.91. The van der Waals surface area contributed by atoms with Gasteiger partial charge in [-0.1, -0.05) is 18.2 Å². The van der Waals surface area contributed by atoms with Crippen LogP contribution in [0.25, 0.3) is 16.9 Å². The minimum absolute atomic E-state index is 0.130. The highest BCUT2D eigenvalue weighted by molar-refractivity contribution is 5.81. The number of para-hydroxylation sites is 1. The molecule has 0 radical (unpaired) electrons. The summed E-state index contributed by atoms with van der Waals surface area (Å²) in [5.74, 6) is -0.155. The Bertz CT molecular complexity index is 912. The lowest BCUT2D eigenvalue weighted by Crippen LogP contribution is -2.36. The zero-order chi connectivity index (χ0) is 18.6. The molecule has 0 unspecified atom stereocenters. The van der Waals surface area contributed by atoms with Gasteiger partial charge in [-0.2, -0.15) is 5.10 Å². The van der Waals surface area contributed by atoms with Crippen LogP contribution in [0.1, 0.15) is 24.8 Å². The highest BCUT2D eigenvalue weighted by Crippen LogP contribution is 2.25. The van der Waals surface area contributed by atoms with E-state index in [2.05, 4.69) is 0 Å². The van der Waals surface area contributed by atoms with E-state index in [-0.39, 0.29) is 11.7 Å². The third-order valence-corrected chi connectivity index (χ3v) is 4.98. The van der Waals surface area contributed by atoms with E-state index < -0.39 is 0 Å². The number of carbonyl (C=O) groups excluding carboxylic acids is 1. The second-order valence-corrected chi connectivity index (χ2v) is 6.91. The normalized spacial score (nSPS) is 14.3. The first kappa shape index (κ1) is 17.5. The first-order valence-electron chi connectivity index (χ1n) is 9.38. The Kier molecular flexibility index (Phi) is 5.01. The average molecular weight is 363 g/mol. The zero-order valence-electron chi connectivity index (χ0n) is 15.1. The number of halogens is 1. The maximum atomic E-state index is 13.3. The van der Waals surface area contributed by atoms with E-state index in [0.717, 1.165) is 48.4 Å². The van der Waals surface area contributed by atoms with Crippen LogP contribution in [-0.4, -0.2) is 33.7 Å². The molecule has 138 valence electrons. The van der Waals surface area contributed by atoms with Crippen LogP contribution in [0.5, 0.6) is 0 Å². The van der Waals surface area contributed by atoms with Crippen LogP contribution >= 0.6 is 0 Å². The molecule has 1 aliphatic rings. The Labute approximate surface area is 158 Å². The van der Waals surface area contributed by atoms with Crippen molar-refractivity contribution in [2.24, 2.45) is 0 Å². The van der Waals surface area contributed by atoms with Crippen molar-refractivity contribution in [1.82, 2.24) is 14.7 Å². The summed E-state index contributed by atoms with van der Waals surface area (Å²) in [5, 5.41) is 4.70. The largest absolute Gasteiger partial charge is 0.342 e. The number of amides is 1. The van der Waals surface area contributed by atoms with E-state index in [1.165, 1.54) is 18.6 Å². The van der Waals surface area contributed by atoms with Crippen molar-refractivity contribution in [2.75, 3.05) is 13.1 Å². The van der Waals surface area contributed by atoms with Gasteiger partial charge in [0, 0.05) is 30.4 Å². The van der Waals surface area contributed by atoms with Crippen molar-refractivity contribution in [3.05, 3.63) is 72.2 Å². The molecular formula is C22H22FN3O. The molecule has 0 N–H and O–H groups in total. The zero-order valence-corrected chi connectivity index (χ0v) is 15.1. The topological polar surface area (TPSA) is 38.1 Å². The van der Waals surface area contributed by atoms with Crippen LogP contribution in [-0.2, 0) is 11.2 Å². The summed E-state index contributed by atoms with van der Waals surface area (Å²) in [7, 11) is 0. The molecule has 4 rings (SSSR count). The highest BCUT2D eigenvalue weighted by atomic mass is 19.1. The molecular weight excluding hydrogens is 341 g/mol. The Morgan fingerprint density at radius 3 is 2.37 bits per heavy atom. The second kappa shape index (κ2) is 7.74. The van der Waals surface area contributed by atoms with E-state index in [4.69, 9.17) is 5.10 Å². The highest BCUT2D eigenvalue weighted by Gasteiger charge is 2.20. The first-order valence-corrected chi connectivity index (χ1v) is 9.38. The fraction of sp³-hybridized carbons (Fsp3) is 0.273. The summed E-state index contributed by atoms with van der Waals surface area (Å²) >= 11 is 0. The summed E-state index contributed by atoms with van der Waals surface area (Å²) in [6.07, 6.45) is 5.55. The van der Waals surface area contributed by atoms with Crippen molar-refractivity contribution in [1.29, 1.82) is 0 Å². The average Bonchev–Trinajstić information content (AvgIpc) is 3.13. The van der Waals surface area contributed by atoms with Crippen LogP contribution < -0.4 is 0 Å². The summed E-state index contributed by atoms with van der Waals surface area (Å²) in [5.41, 5.74) is 3.33. The van der Waals surface area contributed by atoms with Crippen LogP contribution in [0.3, 0.4) is 0 Å². The van der Waals surface area contributed by atoms with Gasteiger partial charge in [0.25, 0.3) is 0 Å². The lowest BCUT2D eigenvalue weighted by molar-refractivity contribution is -0.131. The SMILES string of the molecule is O=C(Cc1cn(-c2ccccc2)nc1-c1ccc(F)cc1)N1CCCCC1. The van der Waals surface area contributed by atoms with Gasteiger partial charge in [0.05, 0.1) is 17.8 Å². The molecule has 27 heavy (non-hydrogen) atoms. The van der Waals surface area contributed by atoms with Crippen molar-refractivity contribution >= 4 is 5.91 Å². The Hall–Kier alpha value is -2.95. The number of likely N-dealkylation sites (tertiary alicyclic amines) is 1. The maximum absolute atomic E-state index is 13.3. The molecule has 0 saturated carbocycles. The fourth-order valence-electron chi connectivity index (χ4n) is 3.52. The van der Waals surface area contributed by atoms with Gasteiger partial charge in [-0.25, -0.2) is 9.07 Å². The number of carbonyl (C=O) groups is 1. The monoisotopic (exact) mass is 363 g/mol. The summed E-state index contributed by atoms with van der Waals surface area (Å²) in [4.78, 5) is 14.7. The van der Waals surface area contributed by atoms with Crippen molar-refractivity contribution in [3.63, 3.8) is 0 Å². The van der Waals surface area contributed by atoms with Gasteiger partial charge in [-0.3, -0.25) is 4.79 Å². The fourth-order valence-corrected chi connectivity index (χ4v) is 3.52. The third kappa shape index (κ3) is 3.92.